The summed E-state index contributed by atoms with van der Waals surface area (Å²) >= 11 is 0. The molecule has 19 nitrogen and oxygen atoms in total. The van der Waals surface area contributed by atoms with Gasteiger partial charge in [-0.05, 0) is 0 Å². The van der Waals surface area contributed by atoms with E-state index in [0.717, 1.165) is 10.9 Å². The number of aromatic nitrogens is 4. The number of phosphoric ester groups is 1. The van der Waals surface area contributed by atoms with Gasteiger partial charge in [0, 0.05) is 0 Å². The van der Waals surface area contributed by atoms with Crippen LogP contribution in [0.1, 0.15) is 6.23 Å². The number of aliphatic hydroxyl groups is 2. The third-order valence-electron chi connectivity index (χ3n) is 3.88. The topological polar surface area (TPSA) is 314 Å². The Morgan fingerprint density at radius 3 is 2.41 bits per heavy atom. The molecule has 0 aliphatic carbocycles. The SMILES string of the molecule is Nc1nc(N)c2ncn(C3OC(COP(=O)(O)OP(=O)([O-])OP(=O)([O-])[O-])C(O)C3O)c2n1. The van der Waals surface area contributed by atoms with Crippen LogP contribution in [0.15, 0.2) is 6.33 Å². The van der Waals surface area contributed by atoms with Gasteiger partial charge >= 0.3 is 7.82 Å². The molecule has 1 saturated heterocycles. The van der Waals surface area contributed by atoms with E-state index in [1.54, 1.807) is 0 Å². The summed E-state index contributed by atoms with van der Waals surface area (Å²) < 4.78 is 50.7. The van der Waals surface area contributed by atoms with Gasteiger partial charge in [-0.2, -0.15) is 9.97 Å². The predicted octanol–water partition coefficient (Wildman–Crippen LogP) is -3.94. The molecule has 0 saturated carbocycles. The van der Waals surface area contributed by atoms with Crippen molar-refractivity contribution < 1.29 is 61.4 Å². The molecule has 180 valence electrons. The van der Waals surface area contributed by atoms with Crippen molar-refractivity contribution in [2.75, 3.05) is 18.1 Å². The third kappa shape index (κ3) is 5.67. The summed E-state index contributed by atoms with van der Waals surface area (Å²) in [5.74, 6) is -0.310. The van der Waals surface area contributed by atoms with Gasteiger partial charge in [0.05, 0.1) is 20.8 Å². The van der Waals surface area contributed by atoms with Crippen LogP contribution in [0, 0.1) is 0 Å². The number of nitrogens with two attached hydrogens (primary N) is 2. The third-order valence-corrected chi connectivity index (χ3v) is 7.58. The van der Waals surface area contributed by atoms with Crippen molar-refractivity contribution in [3.05, 3.63) is 6.33 Å². The van der Waals surface area contributed by atoms with Crippen LogP contribution >= 0.6 is 23.5 Å². The Balaban J connectivity index is 1.72. The first-order valence-electron chi connectivity index (χ1n) is 8.09. The van der Waals surface area contributed by atoms with Gasteiger partial charge in [-0.25, -0.2) is 13.9 Å². The Bertz CT molecular complexity index is 1150. The smallest absolute Gasteiger partial charge is 0.478 e. The predicted molar refractivity (Wildman–Crippen MR) is 93.2 cm³/mol. The lowest BCUT2D eigenvalue weighted by atomic mass is 10.1. The quantitative estimate of drug-likeness (QED) is 0.208. The molecule has 7 N–H and O–H groups in total. The zero-order valence-corrected chi connectivity index (χ0v) is 18.0. The number of nitrogen functional groups attached to an aromatic ring is 2. The molecule has 1 aliphatic heterocycles. The molecule has 1 fully saturated rings. The molecule has 1 aliphatic rings. The molecular formula is C10H14N6O13P3-3. The summed E-state index contributed by atoms with van der Waals surface area (Å²) in [6.45, 7) is -1.04. The van der Waals surface area contributed by atoms with Gasteiger partial charge in [0.1, 0.15) is 23.8 Å². The van der Waals surface area contributed by atoms with E-state index in [1.165, 1.54) is 0 Å². The van der Waals surface area contributed by atoms with E-state index in [0.29, 0.717) is 0 Å². The van der Waals surface area contributed by atoms with Gasteiger partial charge in [0.25, 0.3) is 7.82 Å². The van der Waals surface area contributed by atoms with E-state index in [4.69, 9.17) is 16.2 Å². The van der Waals surface area contributed by atoms with Gasteiger partial charge in [-0.3, -0.25) is 18.0 Å². The molecule has 6 atom stereocenters. The van der Waals surface area contributed by atoms with Crippen LogP contribution in [0.25, 0.3) is 11.2 Å². The second kappa shape index (κ2) is 8.66. The molecule has 22 heteroatoms. The lowest BCUT2D eigenvalue weighted by Crippen LogP contribution is -2.33. The Hall–Kier alpha value is -1.56. The van der Waals surface area contributed by atoms with Crippen LogP contribution in [-0.4, -0.2) is 59.5 Å². The fourth-order valence-corrected chi connectivity index (χ4v) is 5.60. The summed E-state index contributed by atoms with van der Waals surface area (Å²) in [6, 6.07) is 0. The first kappa shape index (κ1) is 25.1. The molecule has 6 unspecified atom stereocenters. The molecule has 0 bridgehead atoms. The summed E-state index contributed by atoms with van der Waals surface area (Å²) in [5.41, 5.74) is 11.3. The van der Waals surface area contributed by atoms with Crippen molar-refractivity contribution in [2.45, 2.75) is 24.5 Å². The molecular weight excluding hydrogens is 505 g/mol. The average Bonchev–Trinajstić information content (AvgIpc) is 3.12. The highest BCUT2D eigenvalue weighted by molar-refractivity contribution is 7.65. The summed E-state index contributed by atoms with van der Waals surface area (Å²) in [4.78, 5) is 52.8. The first-order chi connectivity index (χ1) is 14.6. The molecule has 3 heterocycles. The standard InChI is InChI=1S/C10H17N6O13P3/c11-7-4-8(15-10(12)14-7)16(2-13-4)9-6(18)5(17)3(27-9)1-26-31(22,23)29-32(24,25)28-30(19,20)21/h2-3,5-6,9,17-18H,1H2,(H,22,23)(H,24,25)(H2,19,20,21)(H4,11,12,14,15)/p-3. The minimum atomic E-state index is -6.12. The second-order valence-corrected chi connectivity index (χ2v) is 10.4. The molecule has 0 aromatic carbocycles. The Morgan fingerprint density at radius 1 is 1.12 bits per heavy atom. The largest absolute Gasteiger partial charge is 0.790 e. The van der Waals surface area contributed by atoms with Crippen LogP contribution < -0.4 is 26.1 Å². The van der Waals surface area contributed by atoms with Crippen LogP contribution in [0.2, 0.25) is 0 Å². The zero-order valence-electron chi connectivity index (χ0n) is 15.3. The number of fused-ring (bicyclic) bond motifs is 1. The maximum Gasteiger partial charge on any atom is 0.478 e. The highest BCUT2D eigenvalue weighted by Crippen LogP contribution is 2.62. The van der Waals surface area contributed by atoms with Crippen molar-refractivity contribution in [2.24, 2.45) is 0 Å². The number of hydrogen-bond acceptors (Lipinski definition) is 17. The van der Waals surface area contributed by atoms with Gasteiger partial charge in [0.2, 0.25) is 5.95 Å². The molecule has 3 rings (SSSR count). The van der Waals surface area contributed by atoms with Crippen molar-refractivity contribution in [3.8, 4) is 0 Å². The molecule has 2 aromatic heterocycles. The van der Waals surface area contributed by atoms with Gasteiger partial charge in [-0.1, -0.05) is 0 Å². The van der Waals surface area contributed by atoms with E-state index in [9.17, 15) is 43.5 Å². The number of hydrogen-bond donors (Lipinski definition) is 5. The Kier molecular flexibility index (Phi) is 6.78. The normalized spacial score (nSPS) is 27.9. The van der Waals surface area contributed by atoms with E-state index < -0.39 is 54.6 Å². The average molecular weight is 519 g/mol. The zero-order chi connectivity index (χ0) is 24.1. The minimum absolute atomic E-state index is 0.0214. The fourth-order valence-electron chi connectivity index (χ4n) is 2.69. The molecule has 2 aromatic rings. The van der Waals surface area contributed by atoms with Crippen molar-refractivity contribution in [3.63, 3.8) is 0 Å². The number of ether oxygens (including phenoxy) is 1. The molecule has 32 heavy (non-hydrogen) atoms. The van der Waals surface area contributed by atoms with Gasteiger partial charge in [0.15, 0.2) is 17.7 Å². The summed E-state index contributed by atoms with van der Waals surface area (Å²) in [6.07, 6.45) is -5.19. The lowest BCUT2D eigenvalue weighted by Gasteiger charge is -2.35. The minimum Gasteiger partial charge on any atom is -0.790 e. The van der Waals surface area contributed by atoms with Crippen LogP contribution in [0.4, 0.5) is 11.8 Å². The summed E-state index contributed by atoms with van der Waals surface area (Å²) in [5, 5.41) is 20.4. The van der Waals surface area contributed by atoms with Crippen molar-refractivity contribution in [1.29, 1.82) is 0 Å². The molecule has 0 spiro atoms. The summed E-state index contributed by atoms with van der Waals surface area (Å²) in [7, 11) is -17.8. The highest BCUT2D eigenvalue weighted by atomic mass is 31.3. The maximum absolute atomic E-state index is 11.7. The number of aliphatic hydroxyl groups excluding tert-OH is 2. The second-order valence-electron chi connectivity index (χ2n) is 6.16. The van der Waals surface area contributed by atoms with Crippen molar-refractivity contribution in [1.82, 2.24) is 19.5 Å². The maximum atomic E-state index is 11.7. The van der Waals surface area contributed by atoms with Gasteiger partial charge in [-0.15, -0.1) is 0 Å². The van der Waals surface area contributed by atoms with Crippen LogP contribution in [0.3, 0.4) is 0 Å². The monoisotopic (exact) mass is 519 g/mol. The van der Waals surface area contributed by atoms with E-state index in [1.807, 2.05) is 0 Å². The van der Waals surface area contributed by atoms with Crippen molar-refractivity contribution >= 4 is 46.4 Å². The number of phosphoric acid groups is 3. The van der Waals surface area contributed by atoms with E-state index >= 15 is 0 Å². The highest BCUT2D eigenvalue weighted by Gasteiger charge is 2.45. The molecule has 0 radical (unpaired) electrons. The first-order valence-corrected chi connectivity index (χ1v) is 12.5. The van der Waals surface area contributed by atoms with Gasteiger partial charge < -0.3 is 50.6 Å². The number of imidazole rings is 1. The Morgan fingerprint density at radius 2 is 1.78 bits per heavy atom. The number of nitrogens with zero attached hydrogens (tertiary/aromatic N) is 4. The van der Waals surface area contributed by atoms with Crippen LogP contribution in [-0.2, 0) is 31.6 Å². The van der Waals surface area contributed by atoms with E-state index in [2.05, 4.69) is 28.1 Å². The fraction of sp³-hybridized carbons (Fsp3) is 0.500. The Labute approximate surface area is 177 Å². The lowest BCUT2D eigenvalue weighted by molar-refractivity contribution is -0.339. The van der Waals surface area contributed by atoms with Crippen LogP contribution in [0.5, 0.6) is 0 Å². The number of anilines is 2. The number of rotatable bonds is 8. The molecule has 0 amide bonds. The van der Waals surface area contributed by atoms with E-state index in [-0.39, 0.29) is 22.9 Å².